The van der Waals surface area contributed by atoms with Gasteiger partial charge in [-0.15, -0.1) is 0 Å². The Balaban J connectivity index is 1.94. The molecule has 0 saturated heterocycles. The molecule has 2 aromatic rings. The number of para-hydroxylation sites is 1. The van der Waals surface area contributed by atoms with Gasteiger partial charge in [-0.05, 0) is 12.1 Å². The van der Waals surface area contributed by atoms with E-state index in [1.807, 2.05) is 6.07 Å². The number of urea groups is 1. The monoisotopic (exact) mass is 274 g/mol. The number of rotatable bonds is 5. The quantitative estimate of drug-likeness (QED) is 0.657. The molecule has 0 spiro atoms. The lowest BCUT2D eigenvalue weighted by molar-refractivity contribution is -0.139. The van der Waals surface area contributed by atoms with Gasteiger partial charge in [0.15, 0.2) is 0 Å². The van der Waals surface area contributed by atoms with Gasteiger partial charge in [-0.25, -0.2) is 14.6 Å². The summed E-state index contributed by atoms with van der Waals surface area (Å²) in [5.41, 5.74) is 1.23. The second-order valence-electron chi connectivity index (χ2n) is 4.14. The molecule has 0 bridgehead atoms. The lowest BCUT2D eigenvalue weighted by atomic mass is 10.2. The maximum absolute atomic E-state index is 11.7. The highest BCUT2D eigenvalue weighted by Crippen LogP contribution is 2.05. The molecule has 1 unspecified atom stereocenters. The van der Waals surface area contributed by atoms with Crippen molar-refractivity contribution in [3.05, 3.63) is 48.5 Å². The number of aromatic amines is 1. The van der Waals surface area contributed by atoms with Crippen molar-refractivity contribution < 1.29 is 14.7 Å². The van der Waals surface area contributed by atoms with Gasteiger partial charge < -0.3 is 20.7 Å². The number of aliphatic carboxylic acids is 1. The van der Waals surface area contributed by atoms with E-state index in [4.69, 9.17) is 5.11 Å². The molecule has 0 saturated carbocycles. The van der Waals surface area contributed by atoms with Crippen molar-refractivity contribution in [3.63, 3.8) is 0 Å². The first-order chi connectivity index (χ1) is 9.65. The summed E-state index contributed by atoms with van der Waals surface area (Å²) >= 11 is 0. The number of carboxylic acids is 1. The summed E-state index contributed by atoms with van der Waals surface area (Å²) < 4.78 is 0. The minimum atomic E-state index is -1.11. The third kappa shape index (κ3) is 3.84. The van der Waals surface area contributed by atoms with Crippen LogP contribution in [-0.2, 0) is 11.2 Å². The fraction of sp³-hybridized carbons (Fsp3) is 0.154. The van der Waals surface area contributed by atoms with Crippen LogP contribution in [0.3, 0.4) is 0 Å². The van der Waals surface area contributed by atoms with Crippen molar-refractivity contribution in [1.29, 1.82) is 0 Å². The highest BCUT2D eigenvalue weighted by Gasteiger charge is 2.20. The second-order valence-corrected chi connectivity index (χ2v) is 4.14. The van der Waals surface area contributed by atoms with Gasteiger partial charge >= 0.3 is 12.0 Å². The SMILES string of the molecule is O=C(Nc1ccccc1)NC(Cc1cnc[nH]1)C(=O)O. The summed E-state index contributed by atoms with van der Waals surface area (Å²) in [6.07, 6.45) is 3.11. The summed E-state index contributed by atoms with van der Waals surface area (Å²) in [6.45, 7) is 0. The summed E-state index contributed by atoms with van der Waals surface area (Å²) in [5, 5.41) is 14.1. The minimum absolute atomic E-state index is 0.136. The number of nitrogens with zero attached hydrogens (tertiary/aromatic N) is 1. The van der Waals surface area contributed by atoms with Gasteiger partial charge in [0.1, 0.15) is 6.04 Å². The van der Waals surface area contributed by atoms with Crippen molar-refractivity contribution >= 4 is 17.7 Å². The van der Waals surface area contributed by atoms with E-state index in [2.05, 4.69) is 20.6 Å². The number of anilines is 1. The van der Waals surface area contributed by atoms with E-state index >= 15 is 0 Å². The van der Waals surface area contributed by atoms with Gasteiger partial charge in [0, 0.05) is 24.0 Å². The molecule has 0 radical (unpaired) electrons. The third-order valence-electron chi connectivity index (χ3n) is 2.61. The lowest BCUT2D eigenvalue weighted by Crippen LogP contribution is -2.44. The first-order valence-corrected chi connectivity index (χ1v) is 5.98. The van der Waals surface area contributed by atoms with Crippen LogP contribution in [0.1, 0.15) is 5.69 Å². The molecule has 0 aliphatic carbocycles. The molecule has 0 fully saturated rings. The third-order valence-corrected chi connectivity index (χ3v) is 2.61. The molecule has 1 aromatic carbocycles. The summed E-state index contributed by atoms with van der Waals surface area (Å²) in [6, 6.07) is 7.20. The molecule has 4 N–H and O–H groups in total. The van der Waals surface area contributed by atoms with Gasteiger partial charge in [-0.3, -0.25) is 0 Å². The number of aromatic nitrogens is 2. The Bertz CT molecular complexity index is 569. The van der Waals surface area contributed by atoms with Crippen LogP contribution in [0, 0.1) is 0 Å². The highest BCUT2D eigenvalue weighted by atomic mass is 16.4. The smallest absolute Gasteiger partial charge is 0.326 e. The first-order valence-electron chi connectivity index (χ1n) is 5.98. The predicted octanol–water partition coefficient (Wildman–Crippen LogP) is 1.23. The minimum Gasteiger partial charge on any atom is -0.480 e. The van der Waals surface area contributed by atoms with Crippen LogP contribution in [-0.4, -0.2) is 33.1 Å². The van der Waals surface area contributed by atoms with Crippen LogP contribution in [0.2, 0.25) is 0 Å². The molecule has 1 heterocycles. The molecule has 2 rings (SSSR count). The van der Waals surface area contributed by atoms with Crippen molar-refractivity contribution in [2.75, 3.05) is 5.32 Å². The molecule has 0 aliphatic heterocycles. The van der Waals surface area contributed by atoms with Gasteiger partial charge in [0.25, 0.3) is 0 Å². The molecule has 7 nitrogen and oxygen atoms in total. The molecule has 20 heavy (non-hydrogen) atoms. The van der Waals surface area contributed by atoms with E-state index in [0.29, 0.717) is 11.4 Å². The average molecular weight is 274 g/mol. The molecule has 7 heteroatoms. The van der Waals surface area contributed by atoms with E-state index in [1.54, 1.807) is 24.3 Å². The normalized spacial score (nSPS) is 11.6. The fourth-order valence-electron chi connectivity index (χ4n) is 1.66. The van der Waals surface area contributed by atoms with E-state index in [0.717, 1.165) is 0 Å². The van der Waals surface area contributed by atoms with Crippen LogP contribution >= 0.6 is 0 Å². The maximum atomic E-state index is 11.7. The van der Waals surface area contributed by atoms with Gasteiger partial charge in [0.05, 0.1) is 6.33 Å². The number of nitrogens with one attached hydrogen (secondary N) is 3. The summed E-state index contributed by atoms with van der Waals surface area (Å²) in [7, 11) is 0. The van der Waals surface area contributed by atoms with Crippen LogP contribution in [0.5, 0.6) is 0 Å². The topological polar surface area (TPSA) is 107 Å². The van der Waals surface area contributed by atoms with E-state index < -0.39 is 18.0 Å². The van der Waals surface area contributed by atoms with Crippen molar-refractivity contribution in [3.8, 4) is 0 Å². The number of amides is 2. The zero-order chi connectivity index (χ0) is 14.4. The van der Waals surface area contributed by atoms with Crippen LogP contribution in [0.15, 0.2) is 42.9 Å². The number of H-pyrrole nitrogens is 1. The van der Waals surface area contributed by atoms with E-state index in [1.165, 1.54) is 12.5 Å². The van der Waals surface area contributed by atoms with Crippen molar-refractivity contribution in [2.24, 2.45) is 0 Å². The van der Waals surface area contributed by atoms with Gasteiger partial charge in [-0.2, -0.15) is 0 Å². The zero-order valence-electron chi connectivity index (χ0n) is 10.5. The Labute approximate surface area is 115 Å². The Kier molecular flexibility index (Phi) is 4.33. The molecular formula is C13H14N4O3. The molecule has 104 valence electrons. The van der Waals surface area contributed by atoms with Crippen molar-refractivity contribution in [2.45, 2.75) is 12.5 Å². The molecule has 0 aliphatic rings. The first kappa shape index (κ1) is 13.6. The Morgan fingerprint density at radius 2 is 2.05 bits per heavy atom. The lowest BCUT2D eigenvalue weighted by Gasteiger charge is -2.14. The second kappa shape index (κ2) is 6.37. The number of carbonyl (C=O) groups excluding carboxylic acids is 1. The van der Waals surface area contributed by atoms with Gasteiger partial charge in [0.2, 0.25) is 0 Å². The van der Waals surface area contributed by atoms with Crippen LogP contribution < -0.4 is 10.6 Å². The standard InChI is InChI=1S/C13H14N4O3/c18-12(19)11(6-10-7-14-8-15-10)17-13(20)16-9-4-2-1-3-5-9/h1-5,7-8,11H,6H2,(H,14,15)(H,18,19)(H2,16,17,20). The highest BCUT2D eigenvalue weighted by molar-refractivity contribution is 5.92. The fourth-order valence-corrected chi connectivity index (χ4v) is 1.66. The van der Waals surface area contributed by atoms with Crippen LogP contribution in [0.4, 0.5) is 10.5 Å². The summed E-state index contributed by atoms with van der Waals surface area (Å²) in [4.78, 5) is 29.5. The number of carbonyl (C=O) groups is 2. The molecular weight excluding hydrogens is 260 g/mol. The number of hydrogen-bond acceptors (Lipinski definition) is 3. The van der Waals surface area contributed by atoms with E-state index in [9.17, 15) is 9.59 Å². The Hall–Kier alpha value is -2.83. The van der Waals surface area contributed by atoms with Gasteiger partial charge in [-0.1, -0.05) is 18.2 Å². The Morgan fingerprint density at radius 1 is 1.30 bits per heavy atom. The average Bonchev–Trinajstić information content (AvgIpc) is 2.92. The molecule has 2 amide bonds. The van der Waals surface area contributed by atoms with Crippen molar-refractivity contribution in [1.82, 2.24) is 15.3 Å². The summed E-state index contributed by atoms with van der Waals surface area (Å²) in [5.74, 6) is -1.11. The number of carboxylic acid groups (broad SMARTS) is 1. The van der Waals surface area contributed by atoms with E-state index in [-0.39, 0.29) is 6.42 Å². The number of imidazole rings is 1. The molecule has 1 atom stereocenters. The predicted molar refractivity (Wildman–Crippen MR) is 72.3 cm³/mol. The largest absolute Gasteiger partial charge is 0.480 e. The molecule has 1 aromatic heterocycles. The zero-order valence-corrected chi connectivity index (χ0v) is 10.5. The number of hydrogen-bond donors (Lipinski definition) is 4. The van der Waals surface area contributed by atoms with Crippen LogP contribution in [0.25, 0.3) is 0 Å². The Morgan fingerprint density at radius 3 is 2.65 bits per heavy atom. The maximum Gasteiger partial charge on any atom is 0.326 e. The number of benzene rings is 1.